The fourth-order valence-corrected chi connectivity index (χ4v) is 2.83. The first-order chi connectivity index (χ1) is 6.24. The maximum absolute atomic E-state index is 9.23. The summed E-state index contributed by atoms with van der Waals surface area (Å²) in [6.07, 6.45) is 4.98. The second-order valence-electron chi connectivity index (χ2n) is 4.71. The van der Waals surface area contributed by atoms with Gasteiger partial charge in [0.05, 0.1) is 12.7 Å². The van der Waals surface area contributed by atoms with Crippen molar-refractivity contribution in [2.75, 3.05) is 26.2 Å². The molecule has 1 saturated carbocycles. The van der Waals surface area contributed by atoms with Gasteiger partial charge in [-0.05, 0) is 18.3 Å². The van der Waals surface area contributed by atoms with Crippen LogP contribution in [0, 0.1) is 5.41 Å². The lowest BCUT2D eigenvalue weighted by Crippen LogP contribution is -2.56. The Morgan fingerprint density at radius 1 is 1.23 bits per heavy atom. The quantitative estimate of drug-likeness (QED) is 0.661. The van der Waals surface area contributed by atoms with Gasteiger partial charge in [-0.3, -0.25) is 4.90 Å². The molecule has 1 unspecified atom stereocenters. The van der Waals surface area contributed by atoms with Crippen molar-refractivity contribution in [3.8, 4) is 0 Å². The van der Waals surface area contributed by atoms with Crippen molar-refractivity contribution in [3.05, 3.63) is 0 Å². The van der Waals surface area contributed by atoms with Crippen LogP contribution in [-0.4, -0.2) is 47.5 Å². The van der Waals surface area contributed by atoms with E-state index in [2.05, 4.69) is 4.90 Å². The molecule has 0 amide bonds. The zero-order valence-electron chi connectivity index (χ0n) is 8.08. The lowest BCUT2D eigenvalue weighted by molar-refractivity contribution is -0.0344. The zero-order valence-corrected chi connectivity index (χ0v) is 8.08. The minimum atomic E-state index is -0.543. The minimum Gasteiger partial charge on any atom is -0.394 e. The molecule has 1 saturated heterocycles. The average Bonchev–Trinajstić information content (AvgIpc) is 2.52. The van der Waals surface area contributed by atoms with E-state index in [4.69, 9.17) is 5.11 Å². The highest BCUT2D eigenvalue weighted by Gasteiger charge is 2.44. The molecule has 1 heterocycles. The monoisotopic (exact) mass is 185 g/mol. The summed E-state index contributed by atoms with van der Waals surface area (Å²) in [5, 5.41) is 17.9. The lowest BCUT2D eigenvalue weighted by Gasteiger charge is -2.49. The van der Waals surface area contributed by atoms with E-state index >= 15 is 0 Å². The Morgan fingerprint density at radius 3 is 2.38 bits per heavy atom. The van der Waals surface area contributed by atoms with Crippen LogP contribution in [0.5, 0.6) is 0 Å². The van der Waals surface area contributed by atoms with Gasteiger partial charge in [0.25, 0.3) is 0 Å². The number of nitrogens with zero attached hydrogens (tertiary/aromatic N) is 1. The van der Waals surface area contributed by atoms with E-state index in [0.29, 0.717) is 12.0 Å². The molecule has 1 aliphatic carbocycles. The Labute approximate surface area is 79.4 Å². The van der Waals surface area contributed by atoms with E-state index < -0.39 is 6.10 Å². The third-order valence-electron chi connectivity index (χ3n) is 3.46. The fourth-order valence-electron chi connectivity index (χ4n) is 2.83. The van der Waals surface area contributed by atoms with E-state index in [1.54, 1.807) is 0 Å². The van der Waals surface area contributed by atoms with Crippen molar-refractivity contribution in [1.29, 1.82) is 0 Å². The molecule has 2 N–H and O–H groups in total. The summed E-state index contributed by atoms with van der Waals surface area (Å²) in [5.74, 6) is 0. The van der Waals surface area contributed by atoms with Gasteiger partial charge in [-0.25, -0.2) is 0 Å². The Balaban J connectivity index is 1.71. The maximum atomic E-state index is 9.23. The minimum absolute atomic E-state index is 0.108. The van der Waals surface area contributed by atoms with Crippen molar-refractivity contribution in [1.82, 2.24) is 4.90 Å². The van der Waals surface area contributed by atoms with Crippen LogP contribution >= 0.6 is 0 Å². The van der Waals surface area contributed by atoms with E-state index in [9.17, 15) is 5.11 Å². The first-order valence-electron chi connectivity index (χ1n) is 5.25. The molecule has 1 aliphatic heterocycles. The highest BCUT2D eigenvalue weighted by atomic mass is 16.3. The predicted octanol–water partition coefficient (Wildman–Crippen LogP) is 0.216. The molecule has 3 heteroatoms. The van der Waals surface area contributed by atoms with Gasteiger partial charge in [0, 0.05) is 19.6 Å². The third kappa shape index (κ3) is 1.87. The predicted molar refractivity (Wildman–Crippen MR) is 50.4 cm³/mol. The van der Waals surface area contributed by atoms with Gasteiger partial charge in [-0.15, -0.1) is 0 Å². The van der Waals surface area contributed by atoms with Gasteiger partial charge in [0.2, 0.25) is 0 Å². The molecule has 0 aromatic carbocycles. The van der Waals surface area contributed by atoms with Crippen molar-refractivity contribution >= 4 is 0 Å². The van der Waals surface area contributed by atoms with Gasteiger partial charge in [0.1, 0.15) is 0 Å². The Morgan fingerprint density at radius 2 is 1.85 bits per heavy atom. The largest absolute Gasteiger partial charge is 0.394 e. The van der Waals surface area contributed by atoms with Crippen LogP contribution in [0.4, 0.5) is 0 Å². The number of β-amino-alcohol motifs (C(OH)–C–C–N with tert-alkyl or cyclic N) is 1. The van der Waals surface area contributed by atoms with Crippen molar-refractivity contribution < 1.29 is 10.2 Å². The highest BCUT2D eigenvalue weighted by Crippen LogP contribution is 2.45. The van der Waals surface area contributed by atoms with E-state index in [0.717, 1.165) is 13.1 Å². The number of likely N-dealkylation sites (tertiary alicyclic amines) is 1. The molecular formula is C10H19NO2. The molecular weight excluding hydrogens is 166 g/mol. The van der Waals surface area contributed by atoms with Gasteiger partial charge in [-0.2, -0.15) is 0 Å². The molecule has 2 aliphatic rings. The molecule has 1 spiro atoms. The SMILES string of the molecule is OCC(O)CN1CC2(CCCC2)C1. The Kier molecular flexibility index (Phi) is 2.58. The topological polar surface area (TPSA) is 43.7 Å². The zero-order chi connectivity index (χ0) is 9.31. The number of aliphatic hydroxyl groups is 2. The number of aliphatic hydroxyl groups excluding tert-OH is 2. The van der Waals surface area contributed by atoms with Crippen LogP contribution < -0.4 is 0 Å². The molecule has 1 atom stereocenters. The summed E-state index contributed by atoms with van der Waals surface area (Å²) in [6, 6.07) is 0. The normalized spacial score (nSPS) is 29.1. The Hall–Kier alpha value is -0.120. The number of rotatable bonds is 3. The maximum Gasteiger partial charge on any atom is 0.0897 e. The van der Waals surface area contributed by atoms with E-state index in [-0.39, 0.29) is 6.61 Å². The molecule has 76 valence electrons. The van der Waals surface area contributed by atoms with Crippen LogP contribution in [0.2, 0.25) is 0 Å². The van der Waals surface area contributed by atoms with Crippen LogP contribution in [-0.2, 0) is 0 Å². The second-order valence-corrected chi connectivity index (χ2v) is 4.71. The van der Waals surface area contributed by atoms with Crippen LogP contribution in [0.3, 0.4) is 0 Å². The molecule has 2 rings (SSSR count). The fraction of sp³-hybridized carbons (Fsp3) is 1.00. The molecule has 0 aromatic rings. The standard InChI is InChI=1S/C10H19NO2/c12-6-9(13)5-11-7-10(8-11)3-1-2-4-10/h9,12-13H,1-8H2. The number of hydrogen-bond donors (Lipinski definition) is 2. The Bertz CT molecular complexity index is 170. The summed E-state index contributed by atoms with van der Waals surface area (Å²) >= 11 is 0. The van der Waals surface area contributed by atoms with Gasteiger partial charge in [0.15, 0.2) is 0 Å². The average molecular weight is 185 g/mol. The third-order valence-corrected chi connectivity index (χ3v) is 3.46. The number of hydrogen-bond acceptors (Lipinski definition) is 3. The summed E-state index contributed by atoms with van der Waals surface area (Å²) < 4.78 is 0. The molecule has 0 bridgehead atoms. The van der Waals surface area contributed by atoms with E-state index in [1.807, 2.05) is 0 Å². The summed E-state index contributed by atoms with van der Waals surface area (Å²) in [7, 11) is 0. The molecule has 0 aromatic heterocycles. The van der Waals surface area contributed by atoms with Crippen molar-refractivity contribution in [3.63, 3.8) is 0 Å². The molecule has 2 fully saturated rings. The van der Waals surface area contributed by atoms with Gasteiger partial charge in [-0.1, -0.05) is 12.8 Å². The van der Waals surface area contributed by atoms with Crippen molar-refractivity contribution in [2.45, 2.75) is 31.8 Å². The van der Waals surface area contributed by atoms with E-state index in [1.165, 1.54) is 25.7 Å². The summed E-state index contributed by atoms with van der Waals surface area (Å²) in [4.78, 5) is 2.26. The first-order valence-corrected chi connectivity index (χ1v) is 5.25. The van der Waals surface area contributed by atoms with Crippen molar-refractivity contribution in [2.24, 2.45) is 5.41 Å². The highest BCUT2D eigenvalue weighted by molar-refractivity contribution is 4.98. The second kappa shape index (κ2) is 3.56. The van der Waals surface area contributed by atoms with Gasteiger partial charge >= 0.3 is 0 Å². The van der Waals surface area contributed by atoms with Gasteiger partial charge < -0.3 is 10.2 Å². The first kappa shape index (κ1) is 9.44. The van der Waals surface area contributed by atoms with Crippen LogP contribution in [0.15, 0.2) is 0 Å². The summed E-state index contributed by atoms with van der Waals surface area (Å²) in [5.41, 5.74) is 0.606. The van der Waals surface area contributed by atoms with Crippen LogP contribution in [0.1, 0.15) is 25.7 Å². The molecule has 0 radical (unpaired) electrons. The van der Waals surface area contributed by atoms with Crippen LogP contribution in [0.25, 0.3) is 0 Å². The lowest BCUT2D eigenvalue weighted by atomic mass is 9.78. The molecule has 3 nitrogen and oxygen atoms in total. The summed E-state index contributed by atoms with van der Waals surface area (Å²) in [6.45, 7) is 2.83. The molecule has 13 heavy (non-hydrogen) atoms. The smallest absolute Gasteiger partial charge is 0.0897 e.